The minimum absolute atomic E-state index is 0.377. The molecule has 2 N–H and O–H groups in total. The Balaban J connectivity index is 2.51. The van der Waals surface area contributed by atoms with E-state index in [1.807, 2.05) is 0 Å². The first-order valence-electron chi connectivity index (χ1n) is 2.82. The number of nitrogens with one attached hydrogen (secondary N) is 2. The molecule has 0 aliphatic carbocycles. The monoisotopic (exact) mass is 137 g/mol. The Bertz CT molecular complexity index is 251. The number of hydrogen-bond donors (Lipinski definition) is 2. The number of fused-ring (bicyclic) bond motifs is 1. The molecule has 0 atom stereocenters. The molecule has 2 rings (SSSR count). The molecule has 0 fully saturated rings. The van der Waals surface area contributed by atoms with Crippen molar-refractivity contribution in [3.05, 3.63) is 23.5 Å². The number of nitrogens with zero attached hydrogens (tertiary/aromatic N) is 2. The van der Waals surface area contributed by atoms with Crippen LogP contribution >= 0.6 is 0 Å². The maximum Gasteiger partial charge on any atom is 0.158 e. The normalized spacial score (nSPS) is 14.7. The maximum absolute atomic E-state index is 10.7. The van der Waals surface area contributed by atoms with Crippen molar-refractivity contribution in [1.29, 1.82) is 0 Å². The van der Waals surface area contributed by atoms with E-state index in [2.05, 4.69) is 15.9 Å². The van der Waals surface area contributed by atoms with Crippen molar-refractivity contribution in [3.63, 3.8) is 0 Å². The van der Waals surface area contributed by atoms with Gasteiger partial charge in [-0.25, -0.2) is 4.98 Å². The van der Waals surface area contributed by atoms with Crippen molar-refractivity contribution in [2.45, 2.75) is 0 Å². The van der Waals surface area contributed by atoms with Gasteiger partial charge in [-0.3, -0.25) is 0 Å². The lowest BCUT2D eigenvalue weighted by molar-refractivity contribution is 0.849. The Kier molecular flexibility index (Phi) is 0.996. The molecule has 0 amide bonds. The highest BCUT2D eigenvalue weighted by molar-refractivity contribution is 5.68. The van der Waals surface area contributed by atoms with Crippen LogP contribution in [0.4, 0.5) is 11.5 Å². The SMILES string of the molecule is [O-]N1NNc2cccnc21. The summed E-state index contributed by atoms with van der Waals surface area (Å²) in [4.78, 5) is 3.83. The standard InChI is InChI=1S/C5H5N4O/c10-9-5-4(7-8-9)2-1-3-6-5/h1-3,7-8H/q-1. The molecule has 52 valence electrons. The van der Waals surface area contributed by atoms with E-state index in [0.29, 0.717) is 16.7 Å². The van der Waals surface area contributed by atoms with Crippen LogP contribution in [0.15, 0.2) is 18.3 Å². The summed E-state index contributed by atoms with van der Waals surface area (Å²) in [6.07, 6.45) is 1.57. The third-order valence-electron chi connectivity index (χ3n) is 1.27. The van der Waals surface area contributed by atoms with Crippen molar-refractivity contribution < 1.29 is 0 Å². The van der Waals surface area contributed by atoms with Gasteiger partial charge in [-0.1, -0.05) is 0 Å². The number of pyridine rings is 1. The maximum atomic E-state index is 10.7. The summed E-state index contributed by atoms with van der Waals surface area (Å²) < 4.78 is 0. The fourth-order valence-corrected chi connectivity index (χ4v) is 0.820. The van der Waals surface area contributed by atoms with Crippen LogP contribution in [-0.4, -0.2) is 4.98 Å². The zero-order valence-corrected chi connectivity index (χ0v) is 5.03. The number of hydrazine groups is 2. The largest absolute Gasteiger partial charge is 0.741 e. The van der Waals surface area contributed by atoms with E-state index in [4.69, 9.17) is 0 Å². The number of anilines is 2. The summed E-state index contributed by atoms with van der Waals surface area (Å²) in [6.45, 7) is 0. The minimum atomic E-state index is 0.377. The van der Waals surface area contributed by atoms with Gasteiger partial charge in [0.1, 0.15) is 0 Å². The Hall–Kier alpha value is -1.33. The lowest BCUT2D eigenvalue weighted by Crippen LogP contribution is -2.30. The van der Waals surface area contributed by atoms with Crippen LogP contribution < -0.4 is 16.1 Å². The summed E-state index contributed by atoms with van der Waals surface area (Å²) in [7, 11) is 0. The fourth-order valence-electron chi connectivity index (χ4n) is 0.820. The van der Waals surface area contributed by atoms with Crippen LogP contribution in [0.1, 0.15) is 0 Å². The molecule has 0 saturated heterocycles. The molecule has 1 aliphatic heterocycles. The molecule has 0 saturated carbocycles. The van der Waals surface area contributed by atoms with E-state index in [9.17, 15) is 5.21 Å². The zero-order valence-electron chi connectivity index (χ0n) is 5.03. The number of hydrogen-bond acceptors (Lipinski definition) is 5. The summed E-state index contributed by atoms with van der Waals surface area (Å²) in [5, 5.41) is 11.3. The van der Waals surface area contributed by atoms with Gasteiger partial charge in [-0.05, 0) is 12.1 Å². The zero-order chi connectivity index (χ0) is 6.97. The molecule has 5 heteroatoms. The van der Waals surface area contributed by atoms with Crippen molar-refractivity contribution in [2.75, 3.05) is 10.6 Å². The summed E-state index contributed by atoms with van der Waals surface area (Å²) >= 11 is 0. The molecule has 1 aromatic heterocycles. The van der Waals surface area contributed by atoms with Crippen molar-refractivity contribution in [3.8, 4) is 0 Å². The van der Waals surface area contributed by atoms with Gasteiger partial charge in [0.05, 0.1) is 5.69 Å². The second-order valence-electron chi connectivity index (χ2n) is 1.91. The van der Waals surface area contributed by atoms with Crippen LogP contribution in [0.25, 0.3) is 0 Å². The molecular formula is C5H5N4O-. The Morgan fingerprint density at radius 3 is 3.30 bits per heavy atom. The highest BCUT2D eigenvalue weighted by Crippen LogP contribution is 2.23. The van der Waals surface area contributed by atoms with Crippen molar-refractivity contribution in [2.24, 2.45) is 0 Å². The third kappa shape index (κ3) is 0.615. The average molecular weight is 137 g/mol. The highest BCUT2D eigenvalue weighted by Gasteiger charge is 2.09. The van der Waals surface area contributed by atoms with Gasteiger partial charge >= 0.3 is 0 Å². The smallest absolute Gasteiger partial charge is 0.158 e. The van der Waals surface area contributed by atoms with Crippen LogP contribution in [0.3, 0.4) is 0 Å². The molecule has 0 bridgehead atoms. The Morgan fingerprint density at radius 2 is 2.50 bits per heavy atom. The van der Waals surface area contributed by atoms with E-state index in [-0.39, 0.29) is 0 Å². The number of rotatable bonds is 0. The first kappa shape index (κ1) is 5.45. The number of aromatic nitrogens is 1. The molecule has 0 radical (unpaired) electrons. The molecule has 2 heterocycles. The van der Waals surface area contributed by atoms with E-state index >= 15 is 0 Å². The summed E-state index contributed by atoms with van der Waals surface area (Å²) in [5.41, 5.74) is 5.71. The summed E-state index contributed by atoms with van der Waals surface area (Å²) in [6, 6.07) is 3.53. The van der Waals surface area contributed by atoms with Gasteiger partial charge in [-0.2, -0.15) is 5.53 Å². The Labute approximate surface area is 57.2 Å². The van der Waals surface area contributed by atoms with Gasteiger partial charge in [-0.15, -0.1) is 0 Å². The lowest BCUT2D eigenvalue weighted by atomic mass is 10.4. The van der Waals surface area contributed by atoms with E-state index in [1.165, 1.54) is 0 Å². The van der Waals surface area contributed by atoms with Gasteiger partial charge in [0, 0.05) is 6.20 Å². The lowest BCUT2D eigenvalue weighted by Gasteiger charge is -2.20. The van der Waals surface area contributed by atoms with Gasteiger partial charge in [0.25, 0.3) is 0 Å². The van der Waals surface area contributed by atoms with E-state index in [1.54, 1.807) is 18.3 Å². The first-order chi connectivity index (χ1) is 4.88. The summed E-state index contributed by atoms with van der Waals surface area (Å²) in [5.74, 6) is 0.377. The molecule has 10 heavy (non-hydrogen) atoms. The van der Waals surface area contributed by atoms with Crippen LogP contribution in [0.5, 0.6) is 0 Å². The molecule has 0 aromatic carbocycles. The van der Waals surface area contributed by atoms with Gasteiger partial charge in [0.15, 0.2) is 5.82 Å². The average Bonchev–Trinajstić information content (AvgIpc) is 2.34. The topological polar surface area (TPSA) is 63.2 Å². The first-order valence-corrected chi connectivity index (χ1v) is 2.82. The van der Waals surface area contributed by atoms with Crippen LogP contribution in [0, 0.1) is 5.21 Å². The minimum Gasteiger partial charge on any atom is -0.741 e. The van der Waals surface area contributed by atoms with Crippen molar-refractivity contribution in [1.82, 2.24) is 10.5 Å². The van der Waals surface area contributed by atoms with Crippen molar-refractivity contribution >= 4 is 11.5 Å². The third-order valence-corrected chi connectivity index (χ3v) is 1.27. The molecule has 1 aromatic rings. The highest BCUT2D eigenvalue weighted by atomic mass is 16.6. The van der Waals surface area contributed by atoms with E-state index < -0.39 is 0 Å². The quantitative estimate of drug-likeness (QED) is 0.536. The second-order valence-corrected chi connectivity index (χ2v) is 1.91. The molecular weight excluding hydrogens is 132 g/mol. The molecule has 5 nitrogen and oxygen atoms in total. The van der Waals surface area contributed by atoms with Gasteiger partial charge in [0.2, 0.25) is 0 Å². The van der Waals surface area contributed by atoms with Crippen LogP contribution in [0.2, 0.25) is 0 Å². The predicted octanol–water partition coefficient (Wildman–Crippen LogP) is 0.231. The van der Waals surface area contributed by atoms with Crippen LogP contribution in [-0.2, 0) is 0 Å². The predicted molar refractivity (Wildman–Crippen MR) is 36.8 cm³/mol. The van der Waals surface area contributed by atoms with Gasteiger partial charge < -0.3 is 15.8 Å². The van der Waals surface area contributed by atoms with E-state index in [0.717, 1.165) is 0 Å². The molecule has 1 aliphatic rings. The molecule has 0 spiro atoms. The Morgan fingerprint density at radius 1 is 1.60 bits per heavy atom. The molecule has 0 unspecified atom stereocenters. The fraction of sp³-hybridized carbons (Fsp3) is 0. The second kappa shape index (κ2) is 1.83.